The number of benzene rings is 1. The Balaban J connectivity index is 1.86. The number of nitrogens with one attached hydrogen (secondary N) is 2. The fraction of sp³-hybridized carbons (Fsp3) is 0.235. The third-order valence-electron chi connectivity index (χ3n) is 3.34. The van der Waals surface area contributed by atoms with Gasteiger partial charge in [0.05, 0.1) is 5.69 Å². The molecular weight excluding hydrogens is 294 g/mol. The van der Waals surface area contributed by atoms with Crippen molar-refractivity contribution >= 4 is 17.5 Å². The first-order valence-corrected chi connectivity index (χ1v) is 7.09. The summed E-state index contributed by atoms with van der Waals surface area (Å²) in [5.41, 5.74) is 2.83. The van der Waals surface area contributed by atoms with E-state index in [0.717, 1.165) is 11.3 Å². The lowest BCUT2D eigenvalue weighted by molar-refractivity contribution is -0.136. The fourth-order valence-electron chi connectivity index (χ4n) is 2.11. The zero-order valence-corrected chi connectivity index (χ0v) is 13.0. The van der Waals surface area contributed by atoms with Crippen LogP contribution in [0.15, 0.2) is 28.8 Å². The van der Waals surface area contributed by atoms with Crippen molar-refractivity contribution < 1.29 is 14.1 Å². The van der Waals surface area contributed by atoms with Gasteiger partial charge in [-0.1, -0.05) is 17.1 Å². The smallest absolute Gasteiger partial charge is 0.313 e. The molecular formula is C17H17N3O3. The van der Waals surface area contributed by atoms with Gasteiger partial charge in [0.25, 0.3) is 0 Å². The highest BCUT2D eigenvalue weighted by Crippen LogP contribution is 2.12. The third-order valence-corrected chi connectivity index (χ3v) is 3.34. The van der Waals surface area contributed by atoms with Crippen LogP contribution in [-0.4, -0.2) is 23.5 Å². The van der Waals surface area contributed by atoms with Crippen LogP contribution in [0, 0.1) is 26.2 Å². The molecule has 0 atom stereocenters. The minimum absolute atomic E-state index is 0.319. The van der Waals surface area contributed by atoms with Crippen LogP contribution in [0.1, 0.15) is 22.6 Å². The van der Waals surface area contributed by atoms with E-state index in [1.54, 1.807) is 24.3 Å². The first kappa shape index (κ1) is 16.3. The van der Waals surface area contributed by atoms with Crippen LogP contribution in [0.2, 0.25) is 0 Å². The molecule has 2 rings (SSSR count). The summed E-state index contributed by atoms with van der Waals surface area (Å²) in [4.78, 5) is 23.6. The van der Waals surface area contributed by atoms with Gasteiger partial charge in [-0.15, -0.1) is 6.42 Å². The van der Waals surface area contributed by atoms with Crippen molar-refractivity contribution in [2.45, 2.75) is 20.3 Å². The van der Waals surface area contributed by atoms with Gasteiger partial charge in [-0.3, -0.25) is 9.59 Å². The minimum atomic E-state index is -0.738. The molecule has 0 saturated carbocycles. The highest BCUT2D eigenvalue weighted by Gasteiger charge is 2.14. The lowest BCUT2D eigenvalue weighted by Gasteiger charge is -2.07. The highest BCUT2D eigenvalue weighted by atomic mass is 16.5. The Labute approximate surface area is 134 Å². The molecule has 0 aliphatic heterocycles. The van der Waals surface area contributed by atoms with Crippen LogP contribution in [0.5, 0.6) is 0 Å². The fourth-order valence-corrected chi connectivity index (χ4v) is 2.11. The van der Waals surface area contributed by atoms with Gasteiger partial charge in [0, 0.05) is 23.4 Å². The Morgan fingerprint density at radius 3 is 2.74 bits per heavy atom. The summed E-state index contributed by atoms with van der Waals surface area (Å²) in [5.74, 6) is 1.74. The molecule has 0 unspecified atom stereocenters. The maximum Gasteiger partial charge on any atom is 0.313 e. The largest absolute Gasteiger partial charge is 0.361 e. The number of aromatic nitrogens is 1. The molecule has 1 aromatic heterocycles. The Hall–Kier alpha value is -3.07. The highest BCUT2D eigenvalue weighted by molar-refractivity contribution is 6.39. The number of rotatable bonds is 4. The van der Waals surface area contributed by atoms with Crippen LogP contribution < -0.4 is 10.6 Å². The molecule has 0 radical (unpaired) electrons. The summed E-state index contributed by atoms with van der Waals surface area (Å²) in [7, 11) is 0. The number of carbonyl (C=O) groups excluding carboxylic acids is 2. The Morgan fingerprint density at radius 1 is 1.30 bits per heavy atom. The SMILES string of the molecule is C#Cc1cccc(NC(=O)C(=O)NCCc2c(C)noc2C)c1. The monoisotopic (exact) mass is 311 g/mol. The minimum Gasteiger partial charge on any atom is -0.361 e. The van der Waals surface area contributed by atoms with Crippen LogP contribution >= 0.6 is 0 Å². The summed E-state index contributed by atoms with van der Waals surface area (Å²) < 4.78 is 5.04. The molecule has 2 aromatic rings. The van der Waals surface area contributed by atoms with Crippen molar-refractivity contribution in [2.75, 3.05) is 11.9 Å². The van der Waals surface area contributed by atoms with Crippen molar-refractivity contribution in [3.8, 4) is 12.3 Å². The van der Waals surface area contributed by atoms with Crippen LogP contribution in [0.4, 0.5) is 5.69 Å². The van der Waals surface area contributed by atoms with Crippen molar-refractivity contribution in [1.29, 1.82) is 0 Å². The van der Waals surface area contributed by atoms with Gasteiger partial charge >= 0.3 is 11.8 Å². The lowest BCUT2D eigenvalue weighted by atomic mass is 10.1. The van der Waals surface area contributed by atoms with Crippen molar-refractivity contribution in [3.05, 3.63) is 46.8 Å². The van der Waals surface area contributed by atoms with E-state index >= 15 is 0 Å². The summed E-state index contributed by atoms with van der Waals surface area (Å²) in [6.45, 7) is 3.96. The standard InChI is InChI=1S/C17H17N3O3/c1-4-13-6-5-7-14(10-13)19-17(22)16(21)18-9-8-15-11(2)20-23-12(15)3/h1,5-7,10H,8-9H2,2-3H3,(H,18,21)(H,19,22). The van der Waals surface area contributed by atoms with E-state index in [-0.39, 0.29) is 0 Å². The summed E-state index contributed by atoms with van der Waals surface area (Å²) in [6, 6.07) is 6.73. The number of hydrogen-bond acceptors (Lipinski definition) is 4. The first-order chi connectivity index (χ1) is 11.0. The van der Waals surface area contributed by atoms with E-state index in [9.17, 15) is 9.59 Å². The van der Waals surface area contributed by atoms with Gasteiger partial charge in [-0.05, 0) is 38.5 Å². The van der Waals surface area contributed by atoms with Crippen molar-refractivity contribution in [2.24, 2.45) is 0 Å². The number of anilines is 1. The van der Waals surface area contributed by atoms with E-state index in [0.29, 0.717) is 30.0 Å². The molecule has 118 valence electrons. The predicted molar refractivity (Wildman–Crippen MR) is 85.7 cm³/mol. The first-order valence-electron chi connectivity index (χ1n) is 7.09. The average Bonchev–Trinajstić information content (AvgIpc) is 2.86. The lowest BCUT2D eigenvalue weighted by Crippen LogP contribution is -2.36. The Bertz CT molecular complexity index is 752. The number of carbonyl (C=O) groups is 2. The summed E-state index contributed by atoms with van der Waals surface area (Å²) >= 11 is 0. The van der Waals surface area contributed by atoms with E-state index in [4.69, 9.17) is 10.9 Å². The zero-order chi connectivity index (χ0) is 16.8. The molecule has 2 N–H and O–H groups in total. The van der Waals surface area contributed by atoms with E-state index in [1.165, 1.54) is 0 Å². The number of terminal acetylenes is 1. The molecule has 1 heterocycles. The second-order valence-electron chi connectivity index (χ2n) is 4.99. The Morgan fingerprint density at radius 2 is 2.09 bits per heavy atom. The van der Waals surface area contributed by atoms with Gasteiger partial charge in [0.2, 0.25) is 0 Å². The number of aryl methyl sites for hydroxylation is 2. The average molecular weight is 311 g/mol. The Kier molecular flexibility index (Phi) is 5.15. The second kappa shape index (κ2) is 7.27. The van der Waals surface area contributed by atoms with Gasteiger partial charge < -0.3 is 15.2 Å². The molecule has 6 heteroatoms. The number of hydrogen-bond donors (Lipinski definition) is 2. The molecule has 23 heavy (non-hydrogen) atoms. The van der Waals surface area contributed by atoms with Gasteiger partial charge in [-0.25, -0.2) is 0 Å². The summed E-state index contributed by atoms with van der Waals surface area (Å²) in [5, 5.41) is 8.91. The molecule has 1 aromatic carbocycles. The normalized spacial score (nSPS) is 9.96. The second-order valence-corrected chi connectivity index (χ2v) is 4.99. The zero-order valence-electron chi connectivity index (χ0n) is 13.0. The molecule has 0 saturated heterocycles. The van der Waals surface area contributed by atoms with Gasteiger partial charge in [0.1, 0.15) is 5.76 Å². The van der Waals surface area contributed by atoms with Crippen LogP contribution in [0.25, 0.3) is 0 Å². The van der Waals surface area contributed by atoms with Crippen LogP contribution in [0.3, 0.4) is 0 Å². The number of nitrogens with zero attached hydrogens (tertiary/aromatic N) is 1. The quantitative estimate of drug-likeness (QED) is 0.663. The van der Waals surface area contributed by atoms with E-state index in [1.807, 2.05) is 13.8 Å². The third kappa shape index (κ3) is 4.20. The summed E-state index contributed by atoms with van der Waals surface area (Å²) in [6.07, 6.45) is 5.84. The molecule has 6 nitrogen and oxygen atoms in total. The van der Waals surface area contributed by atoms with E-state index < -0.39 is 11.8 Å². The molecule has 0 spiro atoms. The molecule has 2 amide bonds. The van der Waals surface area contributed by atoms with Crippen molar-refractivity contribution in [3.63, 3.8) is 0 Å². The van der Waals surface area contributed by atoms with Crippen molar-refractivity contribution in [1.82, 2.24) is 10.5 Å². The maximum atomic E-state index is 11.8. The van der Waals surface area contributed by atoms with Gasteiger partial charge in [0.15, 0.2) is 0 Å². The van der Waals surface area contributed by atoms with Crippen LogP contribution in [-0.2, 0) is 16.0 Å². The molecule has 0 aliphatic rings. The molecule has 0 aliphatic carbocycles. The topological polar surface area (TPSA) is 84.2 Å². The van der Waals surface area contributed by atoms with Gasteiger partial charge in [-0.2, -0.15) is 0 Å². The molecule has 0 bridgehead atoms. The molecule has 0 fully saturated rings. The predicted octanol–water partition coefficient (Wildman–Crippen LogP) is 1.57. The maximum absolute atomic E-state index is 11.8. The number of amides is 2. The van der Waals surface area contributed by atoms with E-state index in [2.05, 4.69) is 21.7 Å².